The quantitative estimate of drug-likeness (QED) is 0.274. The molecular weight excluding hydrogens is 462 g/mol. The highest BCUT2D eigenvalue weighted by Gasteiger charge is 2.54. The lowest BCUT2D eigenvalue weighted by molar-refractivity contribution is -0.384. The van der Waals surface area contributed by atoms with Crippen molar-refractivity contribution in [1.29, 1.82) is 0 Å². The van der Waals surface area contributed by atoms with Crippen molar-refractivity contribution < 1.29 is 27.3 Å². The van der Waals surface area contributed by atoms with Crippen molar-refractivity contribution in [3.63, 3.8) is 0 Å². The molecule has 0 spiro atoms. The van der Waals surface area contributed by atoms with Crippen molar-refractivity contribution in [3.05, 3.63) is 69.6 Å². The number of esters is 1. The normalized spacial score (nSPS) is 15.2. The molecule has 1 aliphatic rings. The molecule has 0 amide bonds. The topological polar surface area (TPSA) is 142 Å². The second-order valence-corrected chi connectivity index (χ2v) is 10.6. The van der Waals surface area contributed by atoms with Crippen molar-refractivity contribution >= 4 is 21.5 Å². The van der Waals surface area contributed by atoms with Gasteiger partial charge in [-0.25, -0.2) is 8.42 Å². The number of nitro groups is 1. The monoisotopic (exact) mass is 485 g/mol. The summed E-state index contributed by atoms with van der Waals surface area (Å²) in [6.45, 7) is 3.12. The van der Waals surface area contributed by atoms with E-state index in [9.17, 15) is 23.3 Å². The third kappa shape index (κ3) is 4.18. The summed E-state index contributed by atoms with van der Waals surface area (Å²) >= 11 is 0. The highest BCUT2D eigenvalue weighted by atomic mass is 32.2. The number of hydrogen-bond donors (Lipinski definition) is 0. The molecule has 10 nitrogen and oxygen atoms in total. The van der Waals surface area contributed by atoms with Gasteiger partial charge in [0.1, 0.15) is 0 Å². The van der Waals surface area contributed by atoms with E-state index in [1.807, 2.05) is 6.07 Å². The number of benzene rings is 2. The van der Waals surface area contributed by atoms with Gasteiger partial charge in [0, 0.05) is 17.7 Å². The zero-order valence-electron chi connectivity index (χ0n) is 18.7. The SMILES string of the molecule is Cc1ccc(C)c(S(=O)(=O)C2(C(=O)OCc3nnc(-c4ccc([N+](=O)[O-])cc4)o3)CCCC2)c1. The molecule has 0 radical (unpaired) electrons. The van der Waals surface area contributed by atoms with Crippen LogP contribution in [0.1, 0.15) is 42.7 Å². The number of aromatic nitrogens is 2. The molecule has 0 N–H and O–H groups in total. The highest BCUT2D eigenvalue weighted by molar-refractivity contribution is 7.93. The van der Waals surface area contributed by atoms with Gasteiger partial charge in [0.2, 0.25) is 5.89 Å². The van der Waals surface area contributed by atoms with Gasteiger partial charge in [-0.2, -0.15) is 0 Å². The van der Waals surface area contributed by atoms with Gasteiger partial charge in [-0.1, -0.05) is 25.0 Å². The zero-order chi connectivity index (χ0) is 24.5. The molecule has 3 aromatic rings. The maximum atomic E-state index is 13.6. The van der Waals surface area contributed by atoms with Gasteiger partial charge < -0.3 is 9.15 Å². The number of aryl methyl sites for hydroxylation is 2. The van der Waals surface area contributed by atoms with Crippen molar-refractivity contribution in [2.75, 3.05) is 0 Å². The van der Waals surface area contributed by atoms with E-state index in [2.05, 4.69) is 10.2 Å². The van der Waals surface area contributed by atoms with Crippen LogP contribution in [0.15, 0.2) is 51.8 Å². The van der Waals surface area contributed by atoms with Crippen LogP contribution < -0.4 is 0 Å². The largest absolute Gasteiger partial charge is 0.454 e. The molecule has 34 heavy (non-hydrogen) atoms. The van der Waals surface area contributed by atoms with Gasteiger partial charge in [-0.3, -0.25) is 14.9 Å². The number of carbonyl (C=O) groups excluding carboxylic acids is 1. The molecule has 1 aliphatic carbocycles. The van der Waals surface area contributed by atoms with Gasteiger partial charge in [-0.15, -0.1) is 10.2 Å². The minimum absolute atomic E-state index is 0.0148. The van der Waals surface area contributed by atoms with E-state index in [4.69, 9.17) is 9.15 Å². The zero-order valence-corrected chi connectivity index (χ0v) is 19.5. The third-order valence-electron chi connectivity index (χ3n) is 6.05. The molecule has 1 saturated carbocycles. The Hall–Kier alpha value is -3.60. The van der Waals surface area contributed by atoms with Crippen LogP contribution in [0.4, 0.5) is 5.69 Å². The van der Waals surface area contributed by atoms with Crippen LogP contribution in [0.5, 0.6) is 0 Å². The lowest BCUT2D eigenvalue weighted by atomic mass is 10.1. The van der Waals surface area contributed by atoms with E-state index >= 15 is 0 Å². The predicted molar refractivity (Wildman–Crippen MR) is 120 cm³/mol. The minimum Gasteiger partial charge on any atom is -0.454 e. The summed E-state index contributed by atoms with van der Waals surface area (Å²) in [4.78, 5) is 23.6. The number of nitro benzene ring substituents is 1. The summed E-state index contributed by atoms with van der Waals surface area (Å²) in [7, 11) is -4.00. The minimum atomic E-state index is -4.00. The summed E-state index contributed by atoms with van der Waals surface area (Å²) in [6, 6.07) is 10.7. The van der Waals surface area contributed by atoms with Crippen molar-refractivity contribution in [1.82, 2.24) is 10.2 Å². The molecule has 2 aromatic carbocycles. The van der Waals surface area contributed by atoms with Crippen LogP contribution in [-0.4, -0.2) is 34.3 Å². The number of non-ortho nitro benzene ring substituents is 1. The van der Waals surface area contributed by atoms with E-state index in [0.29, 0.717) is 24.0 Å². The van der Waals surface area contributed by atoms with Crippen molar-refractivity contribution in [2.45, 2.75) is 55.8 Å². The number of sulfone groups is 1. The summed E-state index contributed by atoms with van der Waals surface area (Å²) in [6.07, 6.45) is 1.56. The number of rotatable bonds is 7. The highest BCUT2D eigenvalue weighted by Crippen LogP contribution is 2.42. The number of carbonyl (C=O) groups is 1. The molecule has 0 aliphatic heterocycles. The molecule has 1 heterocycles. The Balaban J connectivity index is 1.53. The van der Waals surface area contributed by atoms with Crippen LogP contribution in [0.2, 0.25) is 0 Å². The summed E-state index contributed by atoms with van der Waals surface area (Å²) in [5.41, 5.74) is 1.74. The molecule has 0 saturated heterocycles. The summed E-state index contributed by atoms with van der Waals surface area (Å²) < 4.78 is 36.5. The van der Waals surface area contributed by atoms with E-state index in [1.54, 1.807) is 26.0 Å². The van der Waals surface area contributed by atoms with Crippen molar-refractivity contribution in [2.24, 2.45) is 0 Å². The van der Waals surface area contributed by atoms with E-state index < -0.39 is 25.5 Å². The third-order valence-corrected chi connectivity index (χ3v) is 8.67. The molecular formula is C23H23N3O7S. The fraction of sp³-hybridized carbons (Fsp3) is 0.348. The van der Waals surface area contributed by atoms with E-state index in [1.165, 1.54) is 24.3 Å². The van der Waals surface area contributed by atoms with Gasteiger partial charge in [0.25, 0.3) is 11.6 Å². The summed E-state index contributed by atoms with van der Waals surface area (Å²) in [5.74, 6) is -0.750. The van der Waals surface area contributed by atoms with Crippen LogP contribution in [-0.2, 0) is 26.0 Å². The number of hydrogen-bond acceptors (Lipinski definition) is 9. The Bertz CT molecular complexity index is 1340. The van der Waals surface area contributed by atoms with Crippen molar-refractivity contribution in [3.8, 4) is 11.5 Å². The first-order chi connectivity index (χ1) is 16.1. The average molecular weight is 486 g/mol. The molecule has 1 fully saturated rings. The molecule has 11 heteroatoms. The van der Waals surface area contributed by atoms with Gasteiger partial charge >= 0.3 is 5.97 Å². The van der Waals surface area contributed by atoms with Gasteiger partial charge in [0.15, 0.2) is 21.2 Å². The number of nitrogens with zero attached hydrogens (tertiary/aromatic N) is 3. The Kier molecular flexibility index (Phi) is 6.22. The lowest BCUT2D eigenvalue weighted by Gasteiger charge is -2.27. The molecule has 1 aromatic heterocycles. The second kappa shape index (κ2) is 8.98. The first-order valence-electron chi connectivity index (χ1n) is 10.7. The Morgan fingerprint density at radius 2 is 1.79 bits per heavy atom. The molecule has 178 valence electrons. The molecule has 0 unspecified atom stereocenters. The maximum Gasteiger partial charge on any atom is 0.328 e. The first kappa shape index (κ1) is 23.6. The smallest absolute Gasteiger partial charge is 0.328 e. The average Bonchev–Trinajstić information content (AvgIpc) is 3.50. The molecule has 0 bridgehead atoms. The second-order valence-electron chi connectivity index (χ2n) is 8.35. The van der Waals surface area contributed by atoms with E-state index in [-0.39, 0.29) is 41.8 Å². The Morgan fingerprint density at radius 3 is 2.44 bits per heavy atom. The van der Waals surface area contributed by atoms with Crippen LogP contribution in [0.25, 0.3) is 11.5 Å². The molecule has 4 rings (SSSR count). The first-order valence-corrected chi connectivity index (χ1v) is 12.2. The number of ether oxygens (including phenoxy) is 1. The lowest BCUT2D eigenvalue weighted by Crippen LogP contribution is -2.45. The van der Waals surface area contributed by atoms with Gasteiger partial charge in [-0.05, 0) is 56.0 Å². The Labute approximate surface area is 196 Å². The fourth-order valence-corrected chi connectivity index (χ4v) is 6.51. The van der Waals surface area contributed by atoms with Crippen LogP contribution >= 0.6 is 0 Å². The van der Waals surface area contributed by atoms with Crippen LogP contribution in [0.3, 0.4) is 0 Å². The predicted octanol–water partition coefficient (Wildman–Crippen LogP) is 4.09. The standard InChI is InChI=1S/C23H23N3O7S/c1-15-5-6-16(2)19(13-15)34(30,31)23(11-3-4-12-23)22(27)32-14-20-24-25-21(33-20)17-7-9-18(10-8-17)26(28)29/h5-10,13H,3-4,11-12,14H2,1-2H3. The Morgan fingerprint density at radius 1 is 1.12 bits per heavy atom. The fourth-order valence-electron chi connectivity index (χ4n) is 4.15. The van der Waals surface area contributed by atoms with E-state index in [0.717, 1.165) is 5.56 Å². The van der Waals surface area contributed by atoms with Gasteiger partial charge in [0.05, 0.1) is 9.82 Å². The van der Waals surface area contributed by atoms with Crippen LogP contribution in [0, 0.1) is 24.0 Å². The summed E-state index contributed by atoms with van der Waals surface area (Å²) in [5, 5.41) is 18.5. The maximum absolute atomic E-state index is 13.6. The molecule has 0 atom stereocenters.